The topological polar surface area (TPSA) is 75.8 Å². The third kappa shape index (κ3) is 2.70. The predicted octanol–water partition coefficient (Wildman–Crippen LogP) is 1.95. The average Bonchev–Trinajstić information content (AvgIpc) is 2.91. The summed E-state index contributed by atoms with van der Waals surface area (Å²) in [5, 5.41) is 12.4. The molecule has 1 aromatic carbocycles. The minimum atomic E-state index is -3.49. The second kappa shape index (κ2) is 5.43. The Morgan fingerprint density at radius 3 is 2.85 bits per heavy atom. The molecule has 0 unspecified atom stereocenters. The summed E-state index contributed by atoms with van der Waals surface area (Å²) in [7, 11) is -3.49. The first-order valence-corrected chi connectivity index (χ1v) is 7.52. The minimum absolute atomic E-state index is 0.0922. The second-order valence-electron chi connectivity index (χ2n) is 4.15. The Morgan fingerprint density at radius 2 is 2.20 bits per heavy atom. The van der Waals surface area contributed by atoms with Crippen molar-refractivity contribution >= 4 is 10.0 Å². The van der Waals surface area contributed by atoms with Gasteiger partial charge in [-0.2, -0.15) is 14.4 Å². The van der Waals surface area contributed by atoms with Gasteiger partial charge in [0.2, 0.25) is 0 Å². The van der Waals surface area contributed by atoms with E-state index in [9.17, 15) is 12.8 Å². The van der Waals surface area contributed by atoms with Gasteiger partial charge in [-0.15, -0.1) is 0 Å². The summed E-state index contributed by atoms with van der Waals surface area (Å²) < 4.78 is 38.0. The molecule has 0 aliphatic heterocycles. The highest BCUT2D eigenvalue weighted by atomic mass is 32.2. The van der Waals surface area contributed by atoms with Crippen molar-refractivity contribution in [2.45, 2.75) is 13.3 Å². The van der Waals surface area contributed by atoms with Gasteiger partial charge in [0.15, 0.2) is 0 Å². The van der Waals surface area contributed by atoms with Crippen molar-refractivity contribution in [2.24, 2.45) is 0 Å². The Kier molecular flexibility index (Phi) is 3.86. The molecule has 0 amide bonds. The Morgan fingerprint density at radius 1 is 1.45 bits per heavy atom. The van der Waals surface area contributed by atoms with Crippen molar-refractivity contribution in [1.29, 1.82) is 5.26 Å². The number of hydrogen-bond acceptors (Lipinski definition) is 4. The Hall–Kier alpha value is -2.20. The van der Waals surface area contributed by atoms with Crippen LogP contribution >= 0.6 is 0 Å². The molecule has 2 aromatic rings. The molecule has 0 fully saturated rings. The molecule has 0 radical (unpaired) electrons. The molecule has 0 saturated carbocycles. The van der Waals surface area contributed by atoms with Crippen LogP contribution in [0.4, 0.5) is 4.39 Å². The first-order valence-electron chi connectivity index (χ1n) is 5.91. The minimum Gasteiger partial charge on any atom is -0.206 e. The van der Waals surface area contributed by atoms with Crippen LogP contribution in [0.15, 0.2) is 30.6 Å². The van der Waals surface area contributed by atoms with Crippen molar-refractivity contribution in [1.82, 2.24) is 9.19 Å². The smallest absolute Gasteiger partial charge is 0.206 e. The second-order valence-corrected chi connectivity index (χ2v) is 6.27. The number of nitriles is 1. The van der Waals surface area contributed by atoms with Gasteiger partial charge >= 0.3 is 0 Å². The van der Waals surface area contributed by atoms with Gasteiger partial charge < -0.3 is 0 Å². The van der Waals surface area contributed by atoms with Crippen LogP contribution < -0.4 is 0 Å². The highest BCUT2D eigenvalue weighted by Gasteiger charge is 2.14. The molecule has 0 N–H and O–H groups in total. The Bertz CT molecular complexity index is 775. The van der Waals surface area contributed by atoms with Crippen LogP contribution in [0.3, 0.4) is 0 Å². The SMILES string of the molecule is CCS(=O)(=O)n1cc(-c2cc(CC#N)ccc2F)cn1. The van der Waals surface area contributed by atoms with E-state index in [2.05, 4.69) is 5.10 Å². The lowest BCUT2D eigenvalue weighted by Gasteiger charge is -2.03. The van der Waals surface area contributed by atoms with Crippen molar-refractivity contribution in [3.05, 3.63) is 42.0 Å². The number of aromatic nitrogens is 2. The molecule has 20 heavy (non-hydrogen) atoms. The van der Waals surface area contributed by atoms with Gasteiger partial charge in [0.1, 0.15) is 5.82 Å². The highest BCUT2D eigenvalue weighted by molar-refractivity contribution is 7.89. The number of rotatable bonds is 4. The lowest BCUT2D eigenvalue weighted by atomic mass is 10.0. The fourth-order valence-electron chi connectivity index (χ4n) is 1.72. The standard InChI is InChI=1S/C13H12FN3O2S/c1-2-20(18,19)17-9-11(8-16-17)12-7-10(5-6-15)3-4-13(12)14/h3-4,7-9H,2,5H2,1H3. The zero-order chi connectivity index (χ0) is 14.8. The van der Waals surface area contributed by atoms with Gasteiger partial charge in [-0.1, -0.05) is 6.07 Å². The third-order valence-electron chi connectivity index (χ3n) is 2.83. The summed E-state index contributed by atoms with van der Waals surface area (Å²) in [5.74, 6) is -0.578. The fourth-order valence-corrected chi connectivity index (χ4v) is 2.45. The molecule has 1 heterocycles. The van der Waals surface area contributed by atoms with Gasteiger partial charge in [0, 0.05) is 11.1 Å². The molecule has 0 aliphatic carbocycles. The van der Waals surface area contributed by atoms with E-state index in [1.807, 2.05) is 6.07 Å². The van der Waals surface area contributed by atoms with Crippen LogP contribution in [0, 0.1) is 17.1 Å². The maximum atomic E-state index is 13.8. The number of halogens is 1. The van der Waals surface area contributed by atoms with Crippen LogP contribution in [0.1, 0.15) is 12.5 Å². The zero-order valence-electron chi connectivity index (χ0n) is 10.7. The summed E-state index contributed by atoms with van der Waals surface area (Å²) in [6, 6.07) is 6.29. The van der Waals surface area contributed by atoms with Crippen molar-refractivity contribution in [3.63, 3.8) is 0 Å². The molecule has 0 aliphatic rings. The Balaban J connectivity index is 2.48. The van der Waals surface area contributed by atoms with Crippen LogP contribution in [0.5, 0.6) is 0 Å². The summed E-state index contributed by atoms with van der Waals surface area (Å²) in [5.41, 5.74) is 1.25. The third-order valence-corrected chi connectivity index (χ3v) is 4.33. The first kappa shape index (κ1) is 14.2. The molecule has 0 bridgehead atoms. The van der Waals surface area contributed by atoms with Crippen LogP contribution in [0.25, 0.3) is 11.1 Å². The predicted molar refractivity (Wildman–Crippen MR) is 71.8 cm³/mol. The molecular weight excluding hydrogens is 281 g/mol. The monoisotopic (exact) mass is 293 g/mol. The van der Waals surface area contributed by atoms with E-state index in [0.29, 0.717) is 11.1 Å². The quantitative estimate of drug-likeness (QED) is 0.863. The van der Waals surface area contributed by atoms with Crippen LogP contribution in [-0.2, 0) is 16.4 Å². The molecule has 0 spiro atoms. The molecule has 0 saturated heterocycles. The molecule has 2 rings (SSSR count). The maximum absolute atomic E-state index is 13.8. The van der Waals surface area contributed by atoms with E-state index >= 15 is 0 Å². The van der Waals surface area contributed by atoms with Crippen molar-refractivity contribution in [3.8, 4) is 17.2 Å². The zero-order valence-corrected chi connectivity index (χ0v) is 11.6. The fraction of sp³-hybridized carbons (Fsp3) is 0.231. The van der Waals surface area contributed by atoms with E-state index in [4.69, 9.17) is 5.26 Å². The summed E-state index contributed by atoms with van der Waals surface area (Å²) in [4.78, 5) is 0. The van der Waals surface area contributed by atoms with Crippen LogP contribution in [-0.4, -0.2) is 23.4 Å². The van der Waals surface area contributed by atoms with Gasteiger partial charge in [0.05, 0.1) is 30.6 Å². The molecule has 7 heteroatoms. The average molecular weight is 293 g/mol. The highest BCUT2D eigenvalue weighted by Crippen LogP contribution is 2.24. The molecule has 0 atom stereocenters. The maximum Gasteiger partial charge on any atom is 0.253 e. The normalized spacial score (nSPS) is 11.2. The van der Waals surface area contributed by atoms with Crippen molar-refractivity contribution < 1.29 is 12.8 Å². The first-order chi connectivity index (χ1) is 9.47. The van der Waals surface area contributed by atoms with Crippen LogP contribution in [0.2, 0.25) is 0 Å². The summed E-state index contributed by atoms with van der Waals surface area (Å²) in [6.07, 6.45) is 2.73. The Labute approximate surface area is 116 Å². The van der Waals surface area contributed by atoms with E-state index in [1.165, 1.54) is 37.5 Å². The van der Waals surface area contributed by atoms with E-state index in [-0.39, 0.29) is 17.7 Å². The molecule has 5 nitrogen and oxygen atoms in total. The summed E-state index contributed by atoms with van der Waals surface area (Å²) in [6.45, 7) is 1.50. The van der Waals surface area contributed by atoms with E-state index < -0.39 is 15.8 Å². The molecule has 104 valence electrons. The number of benzene rings is 1. The van der Waals surface area contributed by atoms with E-state index in [0.717, 1.165) is 4.09 Å². The molecule has 1 aromatic heterocycles. The van der Waals surface area contributed by atoms with Gasteiger partial charge in [-0.3, -0.25) is 0 Å². The lowest BCUT2D eigenvalue weighted by Crippen LogP contribution is -2.14. The number of nitrogens with zero attached hydrogens (tertiary/aromatic N) is 3. The van der Waals surface area contributed by atoms with E-state index in [1.54, 1.807) is 0 Å². The molecular formula is C13H12FN3O2S. The largest absolute Gasteiger partial charge is 0.253 e. The summed E-state index contributed by atoms with van der Waals surface area (Å²) >= 11 is 0. The van der Waals surface area contributed by atoms with Gasteiger partial charge in [-0.25, -0.2) is 12.8 Å². The number of hydrogen-bond donors (Lipinski definition) is 0. The van der Waals surface area contributed by atoms with Crippen molar-refractivity contribution in [2.75, 3.05) is 5.75 Å². The van der Waals surface area contributed by atoms with Gasteiger partial charge in [-0.05, 0) is 24.6 Å². The lowest BCUT2D eigenvalue weighted by molar-refractivity contribution is 0.581. The van der Waals surface area contributed by atoms with Gasteiger partial charge in [0.25, 0.3) is 10.0 Å².